The molecule has 1 N–H and O–H groups in total. The van der Waals surface area contributed by atoms with Crippen molar-refractivity contribution in [2.75, 3.05) is 16.3 Å². The number of rotatable bonds is 4. The van der Waals surface area contributed by atoms with Crippen LogP contribution in [0.4, 0.5) is 5.69 Å². The second-order valence-electron chi connectivity index (χ2n) is 3.13. The predicted molar refractivity (Wildman–Crippen MR) is 68.0 cm³/mol. The van der Waals surface area contributed by atoms with Crippen molar-refractivity contribution in [1.29, 1.82) is 0 Å². The summed E-state index contributed by atoms with van der Waals surface area (Å²) in [5.74, 6) is -0.145. The first-order valence-electron chi connectivity index (χ1n) is 4.20. The van der Waals surface area contributed by atoms with E-state index in [-0.39, 0.29) is 21.8 Å². The van der Waals surface area contributed by atoms with E-state index >= 15 is 0 Å². The minimum absolute atomic E-state index is 0.145. The van der Waals surface area contributed by atoms with Crippen LogP contribution in [0, 0.1) is 0 Å². The molecule has 0 spiro atoms. The molecule has 4 nitrogen and oxygen atoms in total. The van der Waals surface area contributed by atoms with E-state index in [4.69, 9.17) is 11.6 Å². The molecule has 0 radical (unpaired) electrons. The van der Waals surface area contributed by atoms with Gasteiger partial charge in [0, 0.05) is 5.56 Å². The van der Waals surface area contributed by atoms with Gasteiger partial charge in [-0.2, -0.15) is 0 Å². The number of hydrogen-bond donors (Lipinski definition) is 1. The number of sulfonamides is 1. The lowest BCUT2D eigenvalue weighted by molar-refractivity contribution is 0.102. The zero-order valence-electron chi connectivity index (χ0n) is 8.33. The number of carbonyl (C=O) groups excluding carboxylic acids is 1. The van der Waals surface area contributed by atoms with Crippen molar-refractivity contribution >= 4 is 49.0 Å². The van der Waals surface area contributed by atoms with Crippen molar-refractivity contribution in [2.45, 2.75) is 0 Å². The first kappa shape index (κ1) is 13.5. The lowest BCUT2D eigenvalue weighted by atomic mass is 10.1. The summed E-state index contributed by atoms with van der Waals surface area (Å²) in [6.07, 6.45) is 1.02. The first-order valence-corrected chi connectivity index (χ1v) is 7.59. The topological polar surface area (TPSA) is 63.2 Å². The third-order valence-corrected chi connectivity index (χ3v) is 3.13. The van der Waals surface area contributed by atoms with Crippen LogP contribution in [-0.2, 0) is 10.0 Å². The van der Waals surface area contributed by atoms with Crippen molar-refractivity contribution in [2.24, 2.45) is 0 Å². The van der Waals surface area contributed by atoms with Gasteiger partial charge >= 0.3 is 0 Å². The van der Waals surface area contributed by atoms with E-state index in [0.717, 1.165) is 6.26 Å². The van der Waals surface area contributed by atoms with Crippen molar-refractivity contribution in [3.05, 3.63) is 28.8 Å². The molecule has 7 heteroatoms. The number of halogens is 2. The number of Topliss-reactive ketones (excluding diaryl/α,β-unsaturated/α-hetero) is 1. The summed E-state index contributed by atoms with van der Waals surface area (Å²) >= 11 is 8.83. The van der Waals surface area contributed by atoms with Crippen LogP contribution in [0.25, 0.3) is 0 Å². The maximum Gasteiger partial charge on any atom is 0.229 e. The standard InChI is InChI=1S/C9H9BrClNO3S/c1-16(14,15)12-8-4-6(9(13)5-10)2-3-7(8)11/h2-4,12H,5H2,1H3. The van der Waals surface area contributed by atoms with E-state index in [0.29, 0.717) is 5.56 Å². The van der Waals surface area contributed by atoms with E-state index in [1.807, 2.05) is 0 Å². The second-order valence-corrected chi connectivity index (χ2v) is 5.84. The van der Waals surface area contributed by atoms with Gasteiger partial charge in [0.15, 0.2) is 5.78 Å². The fourth-order valence-electron chi connectivity index (χ4n) is 1.05. The quantitative estimate of drug-likeness (QED) is 0.682. The van der Waals surface area contributed by atoms with E-state index in [9.17, 15) is 13.2 Å². The molecule has 0 bridgehead atoms. The Kier molecular flexibility index (Phi) is 4.35. The third-order valence-electron chi connectivity index (χ3n) is 1.71. The minimum atomic E-state index is -3.41. The molecule has 0 atom stereocenters. The van der Waals surface area contributed by atoms with Crippen LogP contribution in [-0.4, -0.2) is 25.8 Å². The van der Waals surface area contributed by atoms with Gasteiger partial charge in [-0.15, -0.1) is 0 Å². The molecule has 0 aliphatic carbocycles. The van der Waals surface area contributed by atoms with Gasteiger partial charge in [0.2, 0.25) is 10.0 Å². The molecule has 0 fully saturated rings. The maximum atomic E-state index is 11.4. The van der Waals surface area contributed by atoms with Crippen LogP contribution in [0.15, 0.2) is 18.2 Å². The van der Waals surface area contributed by atoms with E-state index in [1.54, 1.807) is 6.07 Å². The van der Waals surface area contributed by atoms with Gasteiger partial charge in [-0.1, -0.05) is 27.5 Å². The Labute approximate surface area is 107 Å². The highest BCUT2D eigenvalue weighted by atomic mass is 79.9. The van der Waals surface area contributed by atoms with Gasteiger partial charge in [-0.3, -0.25) is 9.52 Å². The predicted octanol–water partition coefficient (Wildman–Crippen LogP) is 2.29. The van der Waals surface area contributed by atoms with Crippen molar-refractivity contribution < 1.29 is 13.2 Å². The van der Waals surface area contributed by atoms with Gasteiger partial charge < -0.3 is 0 Å². The SMILES string of the molecule is CS(=O)(=O)Nc1cc(C(=O)CBr)ccc1Cl. The molecule has 0 amide bonds. The lowest BCUT2D eigenvalue weighted by Gasteiger charge is -2.07. The van der Waals surface area contributed by atoms with Gasteiger partial charge in [0.25, 0.3) is 0 Å². The van der Waals surface area contributed by atoms with Crippen molar-refractivity contribution in [3.63, 3.8) is 0 Å². The normalized spacial score (nSPS) is 11.2. The third kappa shape index (κ3) is 3.77. The molecule has 1 aromatic rings. The highest BCUT2D eigenvalue weighted by Gasteiger charge is 2.10. The van der Waals surface area contributed by atoms with Gasteiger partial charge in [-0.05, 0) is 18.2 Å². The fraction of sp³-hybridized carbons (Fsp3) is 0.222. The Balaban J connectivity index is 3.14. The van der Waals surface area contributed by atoms with Gasteiger partial charge in [0.1, 0.15) is 0 Å². The van der Waals surface area contributed by atoms with Crippen LogP contribution in [0.2, 0.25) is 5.02 Å². The molecule has 0 heterocycles. The number of hydrogen-bond acceptors (Lipinski definition) is 3. The van der Waals surface area contributed by atoms with E-state index in [1.165, 1.54) is 12.1 Å². The molecule has 1 aromatic carbocycles. The summed E-state index contributed by atoms with van der Waals surface area (Å²) in [5.41, 5.74) is 0.600. The molecule has 1 rings (SSSR count). The Morgan fingerprint density at radius 3 is 2.62 bits per heavy atom. The highest BCUT2D eigenvalue weighted by Crippen LogP contribution is 2.24. The lowest BCUT2D eigenvalue weighted by Crippen LogP contribution is -2.11. The number of nitrogens with one attached hydrogen (secondary N) is 1. The molecule has 0 aliphatic rings. The van der Waals surface area contributed by atoms with Crippen LogP contribution >= 0.6 is 27.5 Å². The molecule has 0 aliphatic heterocycles. The van der Waals surface area contributed by atoms with Crippen molar-refractivity contribution in [1.82, 2.24) is 0 Å². The van der Waals surface area contributed by atoms with Crippen LogP contribution in [0.3, 0.4) is 0 Å². The zero-order valence-corrected chi connectivity index (χ0v) is 11.5. The number of ketones is 1. The summed E-state index contributed by atoms with van der Waals surface area (Å²) in [4.78, 5) is 11.4. The highest BCUT2D eigenvalue weighted by molar-refractivity contribution is 9.09. The average molecular weight is 327 g/mol. The van der Waals surface area contributed by atoms with Gasteiger partial charge in [-0.25, -0.2) is 8.42 Å². The molecule has 0 aromatic heterocycles. The van der Waals surface area contributed by atoms with Crippen LogP contribution in [0.1, 0.15) is 10.4 Å². The Morgan fingerprint density at radius 1 is 1.50 bits per heavy atom. The Bertz CT molecular complexity index is 515. The van der Waals surface area contributed by atoms with Crippen molar-refractivity contribution in [3.8, 4) is 0 Å². The molecule has 0 unspecified atom stereocenters. The minimum Gasteiger partial charge on any atom is -0.293 e. The molecular weight excluding hydrogens is 318 g/mol. The van der Waals surface area contributed by atoms with Gasteiger partial charge in [0.05, 0.1) is 22.3 Å². The fourth-order valence-corrected chi connectivity index (χ4v) is 2.17. The first-order chi connectivity index (χ1) is 7.33. The van der Waals surface area contributed by atoms with E-state index < -0.39 is 10.0 Å². The number of benzene rings is 1. The average Bonchev–Trinajstić information content (AvgIpc) is 2.18. The zero-order chi connectivity index (χ0) is 12.3. The molecule has 16 heavy (non-hydrogen) atoms. The Hall–Kier alpha value is -0.590. The molecular formula is C9H9BrClNO3S. The molecule has 0 saturated heterocycles. The number of alkyl halides is 1. The number of anilines is 1. The summed E-state index contributed by atoms with van der Waals surface area (Å²) in [6.45, 7) is 0. The largest absolute Gasteiger partial charge is 0.293 e. The monoisotopic (exact) mass is 325 g/mol. The summed E-state index contributed by atoms with van der Waals surface area (Å²) in [6, 6.07) is 4.43. The van der Waals surface area contributed by atoms with Crippen LogP contribution in [0.5, 0.6) is 0 Å². The summed E-state index contributed by atoms with van der Waals surface area (Å²) in [5, 5.41) is 0.420. The Morgan fingerprint density at radius 2 is 2.12 bits per heavy atom. The maximum absolute atomic E-state index is 11.4. The van der Waals surface area contributed by atoms with E-state index in [2.05, 4.69) is 20.7 Å². The summed E-state index contributed by atoms with van der Waals surface area (Å²) in [7, 11) is -3.41. The molecule has 88 valence electrons. The van der Waals surface area contributed by atoms with Crippen LogP contribution < -0.4 is 4.72 Å². The summed E-state index contributed by atoms with van der Waals surface area (Å²) < 4.78 is 24.3. The second kappa shape index (κ2) is 5.16. The molecule has 0 saturated carbocycles. The smallest absolute Gasteiger partial charge is 0.229 e. The number of carbonyl (C=O) groups is 1.